The second kappa shape index (κ2) is 8.67. The normalized spacial score (nSPS) is 10.7. The van der Waals surface area contributed by atoms with Gasteiger partial charge in [0, 0.05) is 23.5 Å². The highest BCUT2D eigenvalue weighted by atomic mass is 79.9. The first-order chi connectivity index (χ1) is 9.58. The number of ether oxygens (including phenoxy) is 1. The lowest BCUT2D eigenvalue weighted by molar-refractivity contribution is 0.0683. The van der Waals surface area contributed by atoms with Crippen molar-refractivity contribution in [2.24, 2.45) is 0 Å². The third-order valence-corrected chi connectivity index (χ3v) is 4.34. The molecule has 3 nitrogen and oxygen atoms in total. The highest BCUT2D eigenvalue weighted by Gasteiger charge is 2.22. The third-order valence-electron chi connectivity index (χ3n) is 3.37. The molecule has 0 saturated heterocycles. The van der Waals surface area contributed by atoms with Crippen LogP contribution < -0.4 is 4.74 Å². The minimum atomic E-state index is 0.0708. The quantitative estimate of drug-likeness (QED) is 0.624. The van der Waals surface area contributed by atoms with Crippen LogP contribution in [0.1, 0.15) is 37.0 Å². The van der Waals surface area contributed by atoms with Gasteiger partial charge in [0.1, 0.15) is 5.75 Å². The number of nitrogens with zero attached hydrogens (tertiary/aromatic N) is 1. The van der Waals surface area contributed by atoms with Gasteiger partial charge >= 0.3 is 0 Å². The summed E-state index contributed by atoms with van der Waals surface area (Å²) in [6, 6.07) is 5.73. The van der Waals surface area contributed by atoms with Crippen molar-refractivity contribution in [3.8, 4) is 5.75 Å². The number of amides is 1. The standard InChI is InChI=1S/C15H21Br2NO2/c1-4-12(5-2)18(9-8-16)15(19)11-6-7-14(20-3)13(17)10-11/h6-7,10,12H,4-5,8-9H2,1-3H3. The number of halogens is 2. The highest BCUT2D eigenvalue weighted by molar-refractivity contribution is 9.10. The van der Waals surface area contributed by atoms with Gasteiger partial charge < -0.3 is 9.64 Å². The predicted molar refractivity (Wildman–Crippen MR) is 89.9 cm³/mol. The van der Waals surface area contributed by atoms with E-state index in [1.54, 1.807) is 7.11 Å². The number of hydrogen-bond donors (Lipinski definition) is 0. The Morgan fingerprint density at radius 3 is 2.45 bits per heavy atom. The molecule has 1 aromatic carbocycles. The van der Waals surface area contributed by atoms with E-state index in [2.05, 4.69) is 45.7 Å². The van der Waals surface area contributed by atoms with E-state index in [1.807, 2.05) is 23.1 Å². The lowest BCUT2D eigenvalue weighted by Crippen LogP contribution is -2.41. The molecule has 0 saturated carbocycles. The largest absolute Gasteiger partial charge is 0.496 e. The maximum atomic E-state index is 12.7. The van der Waals surface area contributed by atoms with Gasteiger partial charge in [0.2, 0.25) is 0 Å². The molecule has 0 unspecified atom stereocenters. The van der Waals surface area contributed by atoms with Crippen molar-refractivity contribution >= 4 is 37.8 Å². The molecule has 0 aliphatic heterocycles. The minimum absolute atomic E-state index is 0.0708. The molecule has 20 heavy (non-hydrogen) atoms. The summed E-state index contributed by atoms with van der Waals surface area (Å²) < 4.78 is 6.00. The molecular formula is C15H21Br2NO2. The smallest absolute Gasteiger partial charge is 0.254 e. The fourth-order valence-electron chi connectivity index (χ4n) is 2.24. The van der Waals surface area contributed by atoms with E-state index >= 15 is 0 Å². The van der Waals surface area contributed by atoms with Gasteiger partial charge in [-0.25, -0.2) is 0 Å². The van der Waals surface area contributed by atoms with Crippen LogP contribution in [-0.4, -0.2) is 35.8 Å². The minimum Gasteiger partial charge on any atom is -0.496 e. The van der Waals surface area contributed by atoms with Crippen molar-refractivity contribution in [3.05, 3.63) is 28.2 Å². The van der Waals surface area contributed by atoms with Gasteiger partial charge in [0.15, 0.2) is 0 Å². The number of carbonyl (C=O) groups excluding carboxylic acids is 1. The molecule has 0 aliphatic rings. The summed E-state index contributed by atoms with van der Waals surface area (Å²) in [4.78, 5) is 14.6. The SMILES string of the molecule is CCC(CC)N(CCBr)C(=O)c1ccc(OC)c(Br)c1. The molecule has 0 N–H and O–H groups in total. The molecule has 0 aromatic heterocycles. The van der Waals surface area contributed by atoms with Gasteiger partial charge in [-0.2, -0.15) is 0 Å². The van der Waals surface area contributed by atoms with Crippen LogP contribution in [0.25, 0.3) is 0 Å². The van der Waals surface area contributed by atoms with E-state index in [-0.39, 0.29) is 11.9 Å². The van der Waals surface area contributed by atoms with E-state index in [4.69, 9.17) is 4.74 Å². The highest BCUT2D eigenvalue weighted by Crippen LogP contribution is 2.26. The summed E-state index contributed by atoms with van der Waals surface area (Å²) in [7, 11) is 1.61. The maximum Gasteiger partial charge on any atom is 0.254 e. The monoisotopic (exact) mass is 405 g/mol. The Balaban J connectivity index is 3.02. The summed E-state index contributed by atoms with van der Waals surface area (Å²) in [6.45, 7) is 4.95. The first-order valence-corrected chi connectivity index (χ1v) is 8.70. The Hall–Kier alpha value is -0.550. The van der Waals surface area contributed by atoms with Crippen molar-refractivity contribution in [3.63, 3.8) is 0 Å². The van der Waals surface area contributed by atoms with Gasteiger partial charge in [0.25, 0.3) is 5.91 Å². The molecule has 112 valence electrons. The fourth-order valence-corrected chi connectivity index (χ4v) is 3.16. The van der Waals surface area contributed by atoms with E-state index < -0.39 is 0 Å². The molecule has 0 aliphatic carbocycles. The zero-order valence-corrected chi connectivity index (χ0v) is 15.3. The van der Waals surface area contributed by atoms with E-state index in [1.165, 1.54) is 0 Å². The number of methoxy groups -OCH3 is 1. The van der Waals surface area contributed by atoms with Crippen molar-refractivity contribution in [2.45, 2.75) is 32.7 Å². The van der Waals surface area contributed by atoms with Crippen LogP contribution in [0.5, 0.6) is 5.75 Å². The fraction of sp³-hybridized carbons (Fsp3) is 0.533. The third kappa shape index (κ3) is 4.22. The van der Waals surface area contributed by atoms with Gasteiger partial charge in [-0.1, -0.05) is 29.8 Å². The Labute approximate surface area is 137 Å². The number of benzene rings is 1. The average Bonchev–Trinajstić information content (AvgIpc) is 2.46. The average molecular weight is 407 g/mol. The van der Waals surface area contributed by atoms with Gasteiger partial charge in [-0.3, -0.25) is 4.79 Å². The van der Waals surface area contributed by atoms with E-state index in [0.717, 1.165) is 34.9 Å². The molecule has 1 rings (SSSR count). The number of carbonyl (C=O) groups is 1. The molecule has 0 fully saturated rings. The Morgan fingerprint density at radius 2 is 2.00 bits per heavy atom. The summed E-state index contributed by atoms with van der Waals surface area (Å²) in [5.74, 6) is 0.803. The van der Waals surface area contributed by atoms with Crippen LogP contribution in [0.15, 0.2) is 22.7 Å². The van der Waals surface area contributed by atoms with E-state index in [0.29, 0.717) is 5.56 Å². The van der Waals surface area contributed by atoms with Crippen LogP contribution in [0.2, 0.25) is 0 Å². The van der Waals surface area contributed by atoms with Gasteiger partial charge in [-0.15, -0.1) is 0 Å². The molecule has 5 heteroatoms. The number of hydrogen-bond acceptors (Lipinski definition) is 2. The molecule has 0 atom stereocenters. The molecule has 0 bridgehead atoms. The number of rotatable bonds is 7. The predicted octanol–water partition coefficient (Wildman–Crippen LogP) is 4.48. The van der Waals surface area contributed by atoms with Gasteiger partial charge in [0.05, 0.1) is 11.6 Å². The zero-order valence-electron chi connectivity index (χ0n) is 12.2. The summed E-state index contributed by atoms with van der Waals surface area (Å²) >= 11 is 6.86. The van der Waals surface area contributed by atoms with Crippen LogP contribution >= 0.6 is 31.9 Å². The Morgan fingerprint density at radius 1 is 1.35 bits per heavy atom. The molecule has 1 amide bonds. The second-order valence-corrected chi connectivity index (χ2v) is 6.15. The molecular weight excluding hydrogens is 386 g/mol. The molecule has 0 radical (unpaired) electrons. The van der Waals surface area contributed by atoms with Crippen LogP contribution in [0.3, 0.4) is 0 Å². The van der Waals surface area contributed by atoms with E-state index in [9.17, 15) is 4.79 Å². The van der Waals surface area contributed by atoms with Crippen LogP contribution in [0, 0.1) is 0 Å². The van der Waals surface area contributed by atoms with Crippen molar-refractivity contribution in [2.75, 3.05) is 19.0 Å². The van der Waals surface area contributed by atoms with Crippen molar-refractivity contribution in [1.82, 2.24) is 4.90 Å². The summed E-state index contributed by atoms with van der Waals surface area (Å²) in [5.41, 5.74) is 0.686. The first-order valence-electron chi connectivity index (χ1n) is 6.79. The van der Waals surface area contributed by atoms with Crippen molar-refractivity contribution in [1.29, 1.82) is 0 Å². The lowest BCUT2D eigenvalue weighted by Gasteiger charge is -2.30. The zero-order chi connectivity index (χ0) is 15.1. The second-order valence-electron chi connectivity index (χ2n) is 4.51. The van der Waals surface area contributed by atoms with Crippen LogP contribution in [-0.2, 0) is 0 Å². The first kappa shape index (κ1) is 17.5. The molecule has 0 spiro atoms. The topological polar surface area (TPSA) is 29.5 Å². The molecule has 1 aromatic rings. The Bertz CT molecular complexity index is 447. The maximum absolute atomic E-state index is 12.7. The summed E-state index contributed by atoms with van der Waals surface area (Å²) in [5, 5.41) is 0.784. The van der Waals surface area contributed by atoms with Gasteiger partial charge in [-0.05, 0) is 47.0 Å². The summed E-state index contributed by atoms with van der Waals surface area (Å²) in [6.07, 6.45) is 1.93. The Kier molecular flexibility index (Phi) is 7.59. The van der Waals surface area contributed by atoms with Crippen LogP contribution in [0.4, 0.5) is 0 Å². The van der Waals surface area contributed by atoms with Crippen molar-refractivity contribution < 1.29 is 9.53 Å². The number of alkyl halides is 1. The molecule has 0 heterocycles. The lowest BCUT2D eigenvalue weighted by atomic mass is 10.1.